The van der Waals surface area contributed by atoms with Gasteiger partial charge in [0.2, 0.25) is 5.91 Å². The van der Waals surface area contributed by atoms with Crippen molar-refractivity contribution in [2.75, 3.05) is 38.2 Å². The van der Waals surface area contributed by atoms with Crippen molar-refractivity contribution in [1.29, 1.82) is 0 Å². The number of ether oxygens (including phenoxy) is 4. The number of fused-ring (bicyclic) bond motifs is 2. The van der Waals surface area contributed by atoms with Crippen LogP contribution in [0, 0.1) is 11.6 Å². The van der Waals surface area contributed by atoms with E-state index in [-0.39, 0.29) is 66.1 Å². The Kier molecular flexibility index (Phi) is 7.14. The number of carbonyl (C=O) groups excluding carboxylic acids is 1. The molecule has 208 valence electrons. The third kappa shape index (κ3) is 5.31. The van der Waals surface area contributed by atoms with Gasteiger partial charge in [0.1, 0.15) is 48.1 Å². The van der Waals surface area contributed by atoms with Crippen LogP contribution in [-0.4, -0.2) is 88.2 Å². The van der Waals surface area contributed by atoms with Crippen LogP contribution in [0.15, 0.2) is 18.2 Å². The SMILES string of the molecule is O=C1CCCN1CCOc1cc(F)c(CNc2nc3nc(O[C@@H]4CO[C@H]5[C@@H]4OC[C@H]5O)[nH]c3cc2Cl)c(F)c1. The number of likely N-dealkylation sites (tertiary alicyclic amines) is 1. The predicted octanol–water partition coefficient (Wildman–Crippen LogP) is 2.41. The molecular formula is C25H26ClF2N5O6. The average Bonchev–Trinajstić information content (AvgIpc) is 3.66. The zero-order chi connectivity index (χ0) is 27.1. The molecule has 0 saturated carbocycles. The van der Waals surface area contributed by atoms with E-state index in [4.69, 9.17) is 30.5 Å². The zero-order valence-electron chi connectivity index (χ0n) is 20.7. The smallest absolute Gasteiger partial charge is 0.296 e. The minimum atomic E-state index is -0.793. The van der Waals surface area contributed by atoms with E-state index < -0.39 is 36.1 Å². The molecule has 1 amide bonds. The number of hydrogen-bond donors (Lipinski definition) is 3. The van der Waals surface area contributed by atoms with Crippen molar-refractivity contribution in [3.63, 3.8) is 0 Å². The highest BCUT2D eigenvalue weighted by Gasteiger charge is 2.48. The quantitative estimate of drug-likeness (QED) is 0.358. The summed E-state index contributed by atoms with van der Waals surface area (Å²) in [5, 5.41) is 13.0. The van der Waals surface area contributed by atoms with Gasteiger partial charge in [-0.15, -0.1) is 0 Å². The van der Waals surface area contributed by atoms with Crippen LogP contribution in [0.25, 0.3) is 11.2 Å². The summed E-state index contributed by atoms with van der Waals surface area (Å²) in [7, 11) is 0. The van der Waals surface area contributed by atoms with Gasteiger partial charge in [0.15, 0.2) is 11.8 Å². The van der Waals surface area contributed by atoms with E-state index in [1.807, 2.05) is 0 Å². The van der Waals surface area contributed by atoms with Crippen molar-refractivity contribution in [1.82, 2.24) is 19.9 Å². The number of aromatic nitrogens is 3. The molecule has 3 saturated heterocycles. The molecule has 1 aromatic carbocycles. The summed E-state index contributed by atoms with van der Waals surface area (Å²) in [6.07, 6.45) is -0.672. The third-order valence-corrected chi connectivity index (χ3v) is 7.29. The van der Waals surface area contributed by atoms with Crippen molar-refractivity contribution in [3.8, 4) is 11.8 Å². The Balaban J connectivity index is 1.09. The first-order valence-corrected chi connectivity index (χ1v) is 13.0. The van der Waals surface area contributed by atoms with Crippen LogP contribution in [0.4, 0.5) is 14.6 Å². The van der Waals surface area contributed by atoms with Crippen molar-refractivity contribution in [2.45, 2.75) is 43.8 Å². The van der Waals surface area contributed by atoms with Crippen LogP contribution >= 0.6 is 11.6 Å². The topological polar surface area (TPSA) is 131 Å². The number of nitrogens with one attached hydrogen (secondary N) is 2. The number of pyridine rings is 1. The largest absolute Gasteiger partial charge is 0.492 e. The molecule has 39 heavy (non-hydrogen) atoms. The van der Waals surface area contributed by atoms with Crippen molar-refractivity contribution in [3.05, 3.63) is 40.4 Å². The molecule has 2 aromatic heterocycles. The average molecular weight is 566 g/mol. The Morgan fingerprint density at radius 1 is 1.18 bits per heavy atom. The van der Waals surface area contributed by atoms with E-state index in [0.717, 1.165) is 18.6 Å². The molecule has 0 bridgehead atoms. The number of halogens is 3. The highest BCUT2D eigenvalue weighted by atomic mass is 35.5. The number of anilines is 1. The fourth-order valence-electron chi connectivity index (χ4n) is 4.98. The lowest BCUT2D eigenvalue weighted by Crippen LogP contribution is -2.34. The molecule has 0 spiro atoms. The maximum absolute atomic E-state index is 14.7. The number of imidazole rings is 1. The standard InChI is InChI=1S/C25H26ClF2N5O6/c26-14-8-17-24(32-25(30-17)39-19-11-38-21-18(34)10-37-22(19)21)31-23(14)29-9-13-15(27)6-12(7-16(13)28)36-5-4-33-3-1-2-20(33)35/h6-8,18-19,21-22,34H,1-5,9-11H2,(H2,29,30,31,32)/t18-,19-,21-,22-/m1/s1. The highest BCUT2D eigenvalue weighted by molar-refractivity contribution is 6.33. The summed E-state index contributed by atoms with van der Waals surface area (Å²) in [4.78, 5) is 25.0. The van der Waals surface area contributed by atoms with Crippen molar-refractivity contribution < 1.29 is 37.6 Å². The van der Waals surface area contributed by atoms with Crippen molar-refractivity contribution in [2.24, 2.45) is 0 Å². The minimum Gasteiger partial charge on any atom is -0.492 e. The van der Waals surface area contributed by atoms with E-state index >= 15 is 0 Å². The molecule has 3 N–H and O–H groups in total. The monoisotopic (exact) mass is 565 g/mol. The molecule has 3 aliphatic heterocycles. The van der Waals surface area contributed by atoms with E-state index in [9.17, 15) is 18.7 Å². The van der Waals surface area contributed by atoms with Crippen LogP contribution in [-0.2, 0) is 20.8 Å². The number of rotatable bonds is 9. The lowest BCUT2D eigenvalue weighted by atomic mass is 10.1. The normalized spacial score (nSPS) is 24.5. The Labute approximate surface area is 226 Å². The van der Waals surface area contributed by atoms with Gasteiger partial charge in [-0.25, -0.2) is 13.8 Å². The van der Waals surface area contributed by atoms with Crippen LogP contribution in [0.1, 0.15) is 18.4 Å². The predicted molar refractivity (Wildman–Crippen MR) is 134 cm³/mol. The number of carbonyl (C=O) groups is 1. The van der Waals surface area contributed by atoms with E-state index in [1.54, 1.807) is 11.0 Å². The van der Waals surface area contributed by atoms with Gasteiger partial charge in [-0.2, -0.15) is 4.98 Å². The van der Waals surface area contributed by atoms with Gasteiger partial charge in [0, 0.05) is 37.2 Å². The molecule has 0 unspecified atom stereocenters. The summed E-state index contributed by atoms with van der Waals surface area (Å²) in [6.45, 7) is 1.36. The summed E-state index contributed by atoms with van der Waals surface area (Å²) < 4.78 is 51.9. The van der Waals surface area contributed by atoms with Crippen LogP contribution < -0.4 is 14.8 Å². The fourth-order valence-corrected chi connectivity index (χ4v) is 5.20. The number of aliphatic hydroxyl groups excluding tert-OH is 1. The first kappa shape index (κ1) is 26.0. The second kappa shape index (κ2) is 10.7. The maximum Gasteiger partial charge on any atom is 0.296 e. The minimum absolute atomic E-state index is 0.0403. The second-order valence-electron chi connectivity index (χ2n) is 9.60. The number of benzene rings is 1. The molecule has 4 atom stereocenters. The lowest BCUT2D eigenvalue weighted by molar-refractivity contribution is -0.128. The van der Waals surface area contributed by atoms with Gasteiger partial charge in [-0.1, -0.05) is 11.6 Å². The van der Waals surface area contributed by atoms with Crippen molar-refractivity contribution >= 4 is 34.5 Å². The maximum atomic E-state index is 14.7. The van der Waals surface area contributed by atoms with E-state index in [0.29, 0.717) is 25.0 Å². The number of aromatic amines is 1. The summed E-state index contributed by atoms with van der Waals surface area (Å²) in [6, 6.07) is 3.95. The van der Waals surface area contributed by atoms with Crippen LogP contribution in [0.3, 0.4) is 0 Å². The molecule has 3 fully saturated rings. The van der Waals surface area contributed by atoms with Crippen LogP contribution in [0.2, 0.25) is 5.02 Å². The van der Waals surface area contributed by atoms with Gasteiger partial charge in [-0.3, -0.25) is 4.79 Å². The van der Waals surface area contributed by atoms with Crippen LogP contribution in [0.5, 0.6) is 11.8 Å². The van der Waals surface area contributed by atoms with E-state index in [1.165, 1.54) is 0 Å². The highest BCUT2D eigenvalue weighted by Crippen LogP contribution is 2.31. The molecule has 0 aliphatic carbocycles. The Morgan fingerprint density at radius 3 is 2.74 bits per heavy atom. The summed E-state index contributed by atoms with van der Waals surface area (Å²) in [5.74, 6) is -1.30. The molecule has 14 heteroatoms. The fraction of sp³-hybridized carbons (Fsp3) is 0.480. The zero-order valence-corrected chi connectivity index (χ0v) is 21.4. The van der Waals surface area contributed by atoms with Gasteiger partial charge in [-0.05, 0) is 12.5 Å². The number of nitrogens with zero attached hydrogens (tertiary/aromatic N) is 3. The van der Waals surface area contributed by atoms with Gasteiger partial charge in [0.25, 0.3) is 6.01 Å². The molecule has 6 rings (SSSR count). The van der Waals surface area contributed by atoms with Gasteiger partial charge < -0.3 is 39.3 Å². The summed E-state index contributed by atoms with van der Waals surface area (Å²) >= 11 is 6.35. The number of hydrogen-bond acceptors (Lipinski definition) is 9. The van der Waals surface area contributed by atoms with Gasteiger partial charge in [0.05, 0.1) is 30.3 Å². The third-order valence-electron chi connectivity index (χ3n) is 7.00. The number of H-pyrrole nitrogens is 1. The molecular weight excluding hydrogens is 540 g/mol. The second-order valence-corrected chi connectivity index (χ2v) is 10.0. The lowest BCUT2D eigenvalue weighted by Gasteiger charge is -2.16. The first-order valence-electron chi connectivity index (χ1n) is 12.6. The molecule has 5 heterocycles. The molecule has 0 radical (unpaired) electrons. The number of aliphatic hydroxyl groups is 1. The molecule has 3 aromatic rings. The Morgan fingerprint density at radius 2 is 1.97 bits per heavy atom. The Bertz CT molecular complexity index is 1370. The molecule has 11 nitrogen and oxygen atoms in total. The number of amides is 1. The van der Waals surface area contributed by atoms with Gasteiger partial charge >= 0.3 is 0 Å². The summed E-state index contributed by atoms with van der Waals surface area (Å²) in [5.41, 5.74) is 0.564. The Hall–Kier alpha value is -3.26. The van der Waals surface area contributed by atoms with E-state index in [2.05, 4.69) is 20.3 Å². The molecule has 3 aliphatic rings. The first-order chi connectivity index (χ1) is 18.9.